The smallest absolute Gasteiger partial charge is 0.241 e. The van der Waals surface area contributed by atoms with Crippen LogP contribution in [0.5, 0.6) is 0 Å². The first-order valence-corrected chi connectivity index (χ1v) is 10.4. The minimum Gasteiger partial charge on any atom is -0.349 e. The van der Waals surface area contributed by atoms with Gasteiger partial charge < -0.3 is 4.74 Å². The largest absolute Gasteiger partial charge is 0.349 e. The number of nitrogens with zero attached hydrogens (tertiary/aromatic N) is 1. The number of ether oxygens (including phenoxy) is 1. The van der Waals surface area contributed by atoms with E-state index < -0.39 is 46.9 Å². The zero-order chi connectivity index (χ0) is 22.0. The number of hydrogen-bond donors (Lipinski definition) is 0. The van der Waals surface area contributed by atoms with Crippen LogP contribution >= 0.6 is 0 Å². The number of amides is 2. The molecule has 3 aromatic rings. The van der Waals surface area contributed by atoms with Crippen molar-refractivity contribution in [1.29, 1.82) is 0 Å². The van der Waals surface area contributed by atoms with Gasteiger partial charge in [0.15, 0.2) is 0 Å². The molecule has 0 radical (unpaired) electrons. The van der Waals surface area contributed by atoms with Gasteiger partial charge >= 0.3 is 0 Å². The first-order valence-electron chi connectivity index (χ1n) is 10.4. The van der Waals surface area contributed by atoms with E-state index in [2.05, 4.69) is 0 Å². The summed E-state index contributed by atoms with van der Waals surface area (Å²) in [5, 5.41) is 0. The van der Waals surface area contributed by atoms with Crippen LogP contribution in [0.4, 0.5) is 5.69 Å². The van der Waals surface area contributed by atoms with Crippen molar-refractivity contribution in [2.24, 2.45) is 11.8 Å². The number of Topliss-reactive ketones (excluding diaryl/α,β-unsaturated/α-hetero) is 2. The second-order valence-electron chi connectivity index (χ2n) is 8.24. The zero-order valence-corrected chi connectivity index (χ0v) is 16.8. The highest BCUT2D eigenvalue weighted by Gasteiger charge is 2.74. The second-order valence-corrected chi connectivity index (χ2v) is 8.24. The van der Waals surface area contributed by atoms with Crippen molar-refractivity contribution in [2.45, 2.75) is 11.7 Å². The predicted molar refractivity (Wildman–Crippen MR) is 114 cm³/mol. The molecule has 6 rings (SSSR count). The molecule has 6 nitrogen and oxygen atoms in total. The Bertz CT molecular complexity index is 1270. The van der Waals surface area contributed by atoms with Crippen molar-refractivity contribution in [3.05, 3.63) is 102 Å². The monoisotopic (exact) mass is 423 g/mol. The van der Waals surface area contributed by atoms with Crippen LogP contribution in [0.15, 0.2) is 84.9 Å². The summed E-state index contributed by atoms with van der Waals surface area (Å²) < 4.78 is 6.23. The number of imide groups is 1. The van der Waals surface area contributed by atoms with Crippen molar-refractivity contribution in [2.75, 3.05) is 4.90 Å². The van der Waals surface area contributed by atoms with Gasteiger partial charge in [-0.1, -0.05) is 72.8 Å². The van der Waals surface area contributed by atoms with Gasteiger partial charge in [0.05, 0.1) is 23.6 Å². The molecular weight excluding hydrogens is 406 g/mol. The summed E-state index contributed by atoms with van der Waals surface area (Å²) in [5.41, 5.74) is -0.529. The third kappa shape index (κ3) is 2.22. The molecule has 2 fully saturated rings. The van der Waals surface area contributed by atoms with Crippen molar-refractivity contribution in [1.82, 2.24) is 0 Å². The van der Waals surface area contributed by atoms with E-state index in [1.807, 2.05) is 6.07 Å². The molecule has 3 atom stereocenters. The third-order valence-corrected chi connectivity index (χ3v) is 6.66. The molecule has 6 heteroatoms. The van der Waals surface area contributed by atoms with Crippen LogP contribution in [0.25, 0.3) is 0 Å². The quantitative estimate of drug-likeness (QED) is 0.466. The Hall–Kier alpha value is -3.90. The maximum Gasteiger partial charge on any atom is 0.241 e. The number of anilines is 1. The van der Waals surface area contributed by atoms with E-state index >= 15 is 0 Å². The molecule has 0 unspecified atom stereocenters. The third-order valence-electron chi connectivity index (χ3n) is 6.66. The number of carbonyl (C=O) groups excluding carboxylic acids is 4. The summed E-state index contributed by atoms with van der Waals surface area (Å²) >= 11 is 0. The van der Waals surface area contributed by atoms with E-state index in [-0.39, 0.29) is 11.1 Å². The molecule has 2 aliphatic heterocycles. The molecule has 0 bridgehead atoms. The van der Waals surface area contributed by atoms with E-state index in [4.69, 9.17) is 4.74 Å². The number of carbonyl (C=O) groups is 4. The first kappa shape index (κ1) is 18.8. The molecule has 3 aliphatic rings. The Morgan fingerprint density at radius 2 is 1.19 bits per heavy atom. The lowest BCUT2D eigenvalue weighted by atomic mass is 9.77. The molecule has 0 saturated carbocycles. The first-order chi connectivity index (χ1) is 15.6. The Morgan fingerprint density at radius 3 is 1.78 bits per heavy atom. The molecule has 1 aliphatic carbocycles. The van der Waals surface area contributed by atoms with Crippen molar-refractivity contribution >= 4 is 29.1 Å². The van der Waals surface area contributed by atoms with Crippen LogP contribution < -0.4 is 4.90 Å². The molecule has 156 valence electrons. The number of para-hydroxylation sites is 1. The summed E-state index contributed by atoms with van der Waals surface area (Å²) in [7, 11) is 0. The summed E-state index contributed by atoms with van der Waals surface area (Å²) in [6.45, 7) is 0. The molecular formula is C26H17NO5. The van der Waals surface area contributed by atoms with Crippen molar-refractivity contribution in [3.8, 4) is 0 Å². The SMILES string of the molecule is O=C1[C@H]2[C@@H](c3ccccc3)OC3(C(=O)c4ccccc4C3=O)[C@H]2C(=O)N1c1ccccc1. The summed E-state index contributed by atoms with van der Waals surface area (Å²) in [6.07, 6.45) is -0.895. The van der Waals surface area contributed by atoms with Crippen LogP contribution in [0.2, 0.25) is 0 Å². The fourth-order valence-corrected chi connectivity index (χ4v) is 5.29. The van der Waals surface area contributed by atoms with Crippen molar-refractivity contribution in [3.63, 3.8) is 0 Å². The standard InChI is InChI=1S/C26H17NO5/c28-22-17-13-7-8-14-18(17)23(29)26(22)20-19(21(32-26)15-9-3-1-4-10-15)24(30)27(25(20)31)16-11-5-2-6-12-16/h1-14,19-21H/t19-,20-,21-/m1/s1. The maximum absolute atomic E-state index is 13.7. The van der Waals surface area contributed by atoms with Crippen molar-refractivity contribution < 1.29 is 23.9 Å². The Kier molecular flexibility index (Phi) is 3.85. The average molecular weight is 423 g/mol. The summed E-state index contributed by atoms with van der Waals surface area (Å²) in [4.78, 5) is 55.6. The highest BCUT2D eigenvalue weighted by atomic mass is 16.5. The second kappa shape index (κ2) is 6.55. The van der Waals surface area contributed by atoms with Gasteiger partial charge in [0, 0.05) is 11.1 Å². The highest BCUT2D eigenvalue weighted by molar-refractivity contribution is 6.37. The molecule has 1 spiro atoms. The fraction of sp³-hybridized carbons (Fsp3) is 0.154. The fourth-order valence-electron chi connectivity index (χ4n) is 5.29. The normalized spacial score (nSPS) is 25.5. The van der Waals surface area contributed by atoms with Crippen LogP contribution in [-0.4, -0.2) is 29.0 Å². The molecule has 0 N–H and O–H groups in total. The maximum atomic E-state index is 13.7. The van der Waals surface area contributed by atoms with Gasteiger partial charge in [-0.05, 0) is 17.7 Å². The molecule has 0 aromatic heterocycles. The van der Waals surface area contributed by atoms with E-state index in [0.717, 1.165) is 4.90 Å². The molecule has 2 saturated heterocycles. The van der Waals surface area contributed by atoms with Gasteiger partial charge in [0.25, 0.3) is 0 Å². The number of rotatable bonds is 2. The Labute approximate surface area is 183 Å². The van der Waals surface area contributed by atoms with E-state index in [1.165, 1.54) is 0 Å². The van der Waals surface area contributed by atoms with Gasteiger partial charge in [0.1, 0.15) is 0 Å². The van der Waals surface area contributed by atoms with Gasteiger partial charge in [-0.25, -0.2) is 4.90 Å². The molecule has 3 aromatic carbocycles. The van der Waals surface area contributed by atoms with E-state index in [0.29, 0.717) is 11.3 Å². The summed E-state index contributed by atoms with van der Waals surface area (Å²) in [6, 6.07) is 24.0. The van der Waals surface area contributed by atoms with Crippen LogP contribution in [0.1, 0.15) is 32.4 Å². The number of fused-ring (bicyclic) bond motifs is 3. The predicted octanol–water partition coefficient (Wildman–Crippen LogP) is 3.38. The number of benzene rings is 3. The lowest BCUT2D eigenvalue weighted by molar-refractivity contribution is -0.127. The Morgan fingerprint density at radius 1 is 0.656 bits per heavy atom. The minimum atomic E-state index is -2.04. The van der Waals surface area contributed by atoms with E-state index in [9.17, 15) is 19.2 Å². The lowest BCUT2D eigenvalue weighted by Crippen LogP contribution is -2.51. The topological polar surface area (TPSA) is 80.8 Å². The number of ketones is 2. The average Bonchev–Trinajstić information content (AvgIpc) is 3.40. The number of hydrogen-bond acceptors (Lipinski definition) is 5. The van der Waals surface area contributed by atoms with Gasteiger partial charge in [-0.3, -0.25) is 19.2 Å². The molecule has 2 heterocycles. The molecule has 32 heavy (non-hydrogen) atoms. The summed E-state index contributed by atoms with van der Waals surface area (Å²) in [5.74, 6) is -4.36. The van der Waals surface area contributed by atoms with Gasteiger partial charge in [0.2, 0.25) is 29.0 Å². The van der Waals surface area contributed by atoms with Crippen LogP contribution in [0, 0.1) is 11.8 Å². The lowest BCUT2D eigenvalue weighted by Gasteiger charge is -2.27. The van der Waals surface area contributed by atoms with Crippen LogP contribution in [-0.2, 0) is 14.3 Å². The van der Waals surface area contributed by atoms with Gasteiger partial charge in [-0.2, -0.15) is 0 Å². The zero-order valence-electron chi connectivity index (χ0n) is 16.8. The minimum absolute atomic E-state index is 0.225. The Balaban J connectivity index is 1.56. The highest BCUT2D eigenvalue weighted by Crippen LogP contribution is 2.57. The molecule has 2 amide bonds. The van der Waals surface area contributed by atoms with Gasteiger partial charge in [-0.15, -0.1) is 0 Å². The van der Waals surface area contributed by atoms with Crippen LogP contribution in [0.3, 0.4) is 0 Å². The van der Waals surface area contributed by atoms with E-state index in [1.54, 1.807) is 78.9 Å².